The molecule has 5 N–H and O–H groups in total. The van der Waals surface area contributed by atoms with Crippen molar-refractivity contribution in [2.75, 3.05) is 9.44 Å². The fourth-order valence-corrected chi connectivity index (χ4v) is 3.41. The molecule has 1 aliphatic rings. The Morgan fingerprint density at radius 3 is 1.62 bits per heavy atom. The zero-order chi connectivity index (χ0) is 23.5. The van der Waals surface area contributed by atoms with Gasteiger partial charge in [0.1, 0.15) is 0 Å². The molecule has 2 aromatic rings. The minimum absolute atomic E-state index is 0.00905. The van der Waals surface area contributed by atoms with Gasteiger partial charge in [0.15, 0.2) is 5.84 Å². The van der Waals surface area contributed by atoms with E-state index < -0.39 is 32.3 Å². The Labute approximate surface area is 182 Å². The highest BCUT2D eigenvalue weighted by Crippen LogP contribution is 2.21. The number of rotatable bonds is 6. The van der Waals surface area contributed by atoms with Gasteiger partial charge >= 0.3 is 20.6 Å². The van der Waals surface area contributed by atoms with Crippen molar-refractivity contribution in [2.24, 2.45) is 9.98 Å². The van der Waals surface area contributed by atoms with Crippen LogP contribution in [0.3, 0.4) is 0 Å². The van der Waals surface area contributed by atoms with E-state index in [1.807, 2.05) is 9.44 Å². The molecular formula is C17H15N5O8S2. The molecular weight excluding hydrogens is 466 g/mol. The largest absolute Gasteiger partial charge is 0.357 e. The summed E-state index contributed by atoms with van der Waals surface area (Å²) in [7, 11) is -8.87. The second-order valence-corrected chi connectivity index (χ2v) is 8.63. The average molecular weight is 481 g/mol. The summed E-state index contributed by atoms with van der Waals surface area (Å²) in [5.74, 6) is -1.62. The standard InChI is InChI=1S/C17H15N5O8S2/c23-15-9-14(18-10-1-5-12(6-2-10)21-31(25,26)27)16(20-17(15)24)19-11-3-7-13(8-4-11)22-32(28,29)30/h1-8,21-22H,9H2,(H,19,20,24)(H,25,26,27)(H,28,29,30). The molecule has 32 heavy (non-hydrogen) atoms. The molecule has 1 aliphatic heterocycles. The van der Waals surface area contributed by atoms with Gasteiger partial charge in [-0.25, -0.2) is 9.98 Å². The Morgan fingerprint density at radius 1 is 0.750 bits per heavy atom. The summed E-state index contributed by atoms with van der Waals surface area (Å²) >= 11 is 0. The van der Waals surface area contributed by atoms with Gasteiger partial charge in [-0.1, -0.05) is 0 Å². The van der Waals surface area contributed by atoms with Gasteiger partial charge in [0, 0.05) is 0 Å². The van der Waals surface area contributed by atoms with E-state index in [9.17, 15) is 26.4 Å². The number of amides is 1. The lowest BCUT2D eigenvalue weighted by Gasteiger charge is -2.16. The van der Waals surface area contributed by atoms with E-state index in [2.05, 4.69) is 15.3 Å². The average Bonchev–Trinajstić information content (AvgIpc) is 2.66. The van der Waals surface area contributed by atoms with Crippen molar-refractivity contribution in [1.29, 1.82) is 0 Å². The second-order valence-electron chi connectivity index (χ2n) is 6.32. The van der Waals surface area contributed by atoms with Gasteiger partial charge in [0.05, 0.1) is 34.9 Å². The van der Waals surface area contributed by atoms with Gasteiger partial charge in [0.2, 0.25) is 5.78 Å². The molecule has 0 aromatic heterocycles. The lowest BCUT2D eigenvalue weighted by Crippen LogP contribution is -2.47. The lowest BCUT2D eigenvalue weighted by atomic mass is 10.1. The molecule has 15 heteroatoms. The quantitative estimate of drug-likeness (QED) is 0.297. The molecule has 1 heterocycles. The van der Waals surface area contributed by atoms with E-state index in [0.29, 0.717) is 5.69 Å². The van der Waals surface area contributed by atoms with E-state index in [-0.39, 0.29) is 35.0 Å². The molecule has 0 unspecified atom stereocenters. The molecule has 0 spiro atoms. The third-order valence-electron chi connectivity index (χ3n) is 3.82. The molecule has 0 saturated carbocycles. The summed E-state index contributed by atoms with van der Waals surface area (Å²) < 4.78 is 64.7. The maximum absolute atomic E-state index is 11.8. The number of carbonyl (C=O) groups excluding carboxylic acids is 2. The number of hydrogen-bond donors (Lipinski definition) is 5. The van der Waals surface area contributed by atoms with Crippen molar-refractivity contribution in [3.05, 3.63) is 48.5 Å². The zero-order valence-electron chi connectivity index (χ0n) is 15.9. The minimum Gasteiger partial charge on any atom is -0.302 e. The van der Waals surface area contributed by atoms with Crippen LogP contribution >= 0.6 is 0 Å². The predicted octanol–water partition coefficient (Wildman–Crippen LogP) is 1.01. The van der Waals surface area contributed by atoms with Gasteiger partial charge in [-0.3, -0.25) is 28.1 Å². The predicted molar refractivity (Wildman–Crippen MR) is 115 cm³/mol. The molecule has 2 aromatic carbocycles. The summed E-state index contributed by atoms with van der Waals surface area (Å²) in [6.45, 7) is 0. The Morgan fingerprint density at radius 2 is 1.19 bits per heavy atom. The van der Waals surface area contributed by atoms with E-state index in [1.54, 1.807) is 0 Å². The van der Waals surface area contributed by atoms with Gasteiger partial charge in [-0.2, -0.15) is 16.8 Å². The topological polar surface area (TPSA) is 204 Å². The second kappa shape index (κ2) is 8.83. The number of amidine groups is 1. The summed E-state index contributed by atoms with van der Waals surface area (Å²) in [5, 5.41) is 2.33. The molecule has 0 aliphatic carbocycles. The SMILES string of the molecule is O=C1CC(=Nc2ccc(NS(=O)(=O)O)cc2)C(=Nc2ccc(NS(=O)(=O)O)cc2)NC1=O. The molecule has 0 atom stereocenters. The summed E-state index contributed by atoms with van der Waals surface area (Å²) in [6, 6.07) is 10.9. The first-order valence-electron chi connectivity index (χ1n) is 8.59. The van der Waals surface area contributed by atoms with Crippen molar-refractivity contribution < 1.29 is 35.5 Å². The maximum atomic E-state index is 11.8. The molecule has 3 rings (SSSR count). The molecule has 1 amide bonds. The fourth-order valence-electron chi connectivity index (χ4n) is 2.54. The molecule has 0 bridgehead atoms. The number of carbonyl (C=O) groups is 2. The van der Waals surface area contributed by atoms with Crippen LogP contribution in [0.25, 0.3) is 0 Å². The van der Waals surface area contributed by atoms with Crippen LogP contribution in [0.4, 0.5) is 22.7 Å². The molecule has 0 radical (unpaired) electrons. The van der Waals surface area contributed by atoms with Gasteiger partial charge in [-0.15, -0.1) is 0 Å². The van der Waals surface area contributed by atoms with Gasteiger partial charge in [0.25, 0.3) is 5.91 Å². The van der Waals surface area contributed by atoms with Crippen LogP contribution in [0.5, 0.6) is 0 Å². The normalized spacial score (nSPS) is 17.3. The number of piperidine rings is 1. The van der Waals surface area contributed by atoms with Crippen LogP contribution in [0.2, 0.25) is 0 Å². The van der Waals surface area contributed by atoms with Gasteiger partial charge < -0.3 is 5.32 Å². The number of anilines is 2. The van der Waals surface area contributed by atoms with Crippen LogP contribution in [-0.4, -0.2) is 49.2 Å². The van der Waals surface area contributed by atoms with Crippen LogP contribution in [-0.2, 0) is 30.2 Å². The monoisotopic (exact) mass is 481 g/mol. The summed E-state index contributed by atoms with van der Waals surface area (Å²) in [4.78, 5) is 32.1. The van der Waals surface area contributed by atoms with Crippen LogP contribution in [0.15, 0.2) is 58.5 Å². The van der Waals surface area contributed by atoms with E-state index in [0.717, 1.165) is 0 Å². The molecule has 1 saturated heterocycles. The Hall–Kier alpha value is -3.66. The van der Waals surface area contributed by atoms with Crippen molar-refractivity contribution in [3.8, 4) is 0 Å². The number of hydrogen-bond acceptors (Lipinski definition) is 8. The first kappa shape index (κ1) is 23.0. The van der Waals surface area contributed by atoms with Crippen molar-refractivity contribution in [2.45, 2.75) is 6.42 Å². The van der Waals surface area contributed by atoms with Crippen LogP contribution < -0.4 is 14.8 Å². The Bertz CT molecular complexity index is 1230. The smallest absolute Gasteiger partial charge is 0.302 e. The minimum atomic E-state index is -4.44. The highest BCUT2D eigenvalue weighted by Gasteiger charge is 2.28. The number of aliphatic imine (C=N–C) groups is 2. The van der Waals surface area contributed by atoms with Crippen molar-refractivity contribution in [3.63, 3.8) is 0 Å². The fraction of sp³-hybridized carbons (Fsp3) is 0.0588. The number of benzene rings is 2. The van der Waals surface area contributed by atoms with Crippen molar-refractivity contribution in [1.82, 2.24) is 5.32 Å². The van der Waals surface area contributed by atoms with Gasteiger partial charge in [-0.05, 0) is 48.5 Å². The summed E-state index contributed by atoms with van der Waals surface area (Å²) in [5.41, 5.74) is 0.884. The third-order valence-corrected chi connectivity index (χ3v) is 4.81. The first-order valence-corrected chi connectivity index (χ1v) is 11.5. The van der Waals surface area contributed by atoms with E-state index >= 15 is 0 Å². The number of Topliss-reactive ketones (excluding diaryl/α,β-unsaturated/α-hetero) is 1. The number of nitrogens with zero attached hydrogens (tertiary/aromatic N) is 2. The Kier molecular flexibility index (Phi) is 6.35. The van der Waals surface area contributed by atoms with Crippen LogP contribution in [0.1, 0.15) is 6.42 Å². The first-order chi connectivity index (χ1) is 14.9. The lowest BCUT2D eigenvalue weighted by molar-refractivity contribution is -0.136. The van der Waals surface area contributed by atoms with Crippen molar-refractivity contribution >= 4 is 66.6 Å². The van der Waals surface area contributed by atoms with E-state index in [4.69, 9.17) is 9.11 Å². The van der Waals surface area contributed by atoms with E-state index in [1.165, 1.54) is 48.5 Å². The zero-order valence-corrected chi connectivity index (χ0v) is 17.5. The maximum Gasteiger partial charge on any atom is 0.357 e. The highest BCUT2D eigenvalue weighted by molar-refractivity contribution is 7.87. The highest BCUT2D eigenvalue weighted by atomic mass is 32.2. The Balaban J connectivity index is 1.89. The molecule has 1 fully saturated rings. The number of ketones is 1. The molecule has 168 valence electrons. The molecule has 13 nitrogen and oxygen atoms in total. The van der Waals surface area contributed by atoms with Crippen LogP contribution in [0, 0.1) is 0 Å². The number of nitrogens with one attached hydrogen (secondary N) is 3. The third kappa shape index (κ3) is 6.67. The summed E-state index contributed by atoms with van der Waals surface area (Å²) in [6.07, 6.45) is -0.335.